The molecular weight excluding hydrogens is 322 g/mol. The Morgan fingerprint density at radius 3 is 2.83 bits per heavy atom. The summed E-state index contributed by atoms with van der Waals surface area (Å²) in [7, 11) is 0. The van der Waals surface area contributed by atoms with Crippen LogP contribution in [0.4, 0.5) is 0 Å². The summed E-state index contributed by atoms with van der Waals surface area (Å²) in [4.78, 5) is 14.3. The molecule has 1 fully saturated rings. The minimum absolute atomic E-state index is 0.0911. The van der Waals surface area contributed by atoms with E-state index in [-0.39, 0.29) is 11.2 Å². The van der Waals surface area contributed by atoms with Crippen LogP contribution in [0.15, 0.2) is 57.3 Å². The van der Waals surface area contributed by atoms with Gasteiger partial charge in [0.1, 0.15) is 5.76 Å². The fraction of sp³-hybridized carbons (Fsp3) is 0.278. The van der Waals surface area contributed by atoms with Gasteiger partial charge < -0.3 is 4.42 Å². The quantitative estimate of drug-likeness (QED) is 0.613. The standard InChI is InChI=1S/C18H19N3O2S/c1-3-16-17(22)21(12-14-8-5-4-7-13(14)2)18(24-16)20-19-11-15-9-6-10-23-15/h4-11,16H,3,12H2,1-2H3. The molecular formula is C18H19N3O2S. The van der Waals surface area contributed by atoms with E-state index < -0.39 is 0 Å². The van der Waals surface area contributed by atoms with E-state index in [1.54, 1.807) is 29.5 Å². The molecule has 1 aromatic heterocycles. The number of rotatable bonds is 5. The molecule has 0 radical (unpaired) electrons. The lowest BCUT2D eigenvalue weighted by atomic mass is 10.1. The maximum absolute atomic E-state index is 12.6. The average Bonchev–Trinajstić information content (AvgIpc) is 3.19. The molecule has 0 N–H and O–H groups in total. The molecule has 1 atom stereocenters. The van der Waals surface area contributed by atoms with Crippen LogP contribution in [-0.2, 0) is 11.3 Å². The van der Waals surface area contributed by atoms with Crippen LogP contribution >= 0.6 is 11.8 Å². The topological polar surface area (TPSA) is 58.2 Å². The summed E-state index contributed by atoms with van der Waals surface area (Å²) in [5.41, 5.74) is 2.28. The third-order valence-electron chi connectivity index (χ3n) is 3.85. The Balaban J connectivity index is 1.82. The number of aryl methyl sites for hydroxylation is 1. The first-order valence-corrected chi connectivity index (χ1v) is 8.74. The predicted octanol–water partition coefficient (Wildman–Crippen LogP) is 3.83. The molecule has 1 unspecified atom stereocenters. The zero-order chi connectivity index (χ0) is 16.9. The smallest absolute Gasteiger partial charge is 0.242 e. The van der Waals surface area contributed by atoms with Crippen LogP contribution in [0, 0.1) is 6.92 Å². The summed E-state index contributed by atoms with van der Waals surface area (Å²) in [5.74, 6) is 0.726. The Bertz CT molecular complexity index is 768. The molecule has 0 saturated carbocycles. The highest BCUT2D eigenvalue weighted by molar-refractivity contribution is 8.15. The first-order valence-electron chi connectivity index (χ1n) is 7.86. The van der Waals surface area contributed by atoms with Crippen LogP contribution < -0.4 is 0 Å². The molecule has 0 spiro atoms. The van der Waals surface area contributed by atoms with Gasteiger partial charge in [-0.3, -0.25) is 9.69 Å². The van der Waals surface area contributed by atoms with Gasteiger partial charge in [0.2, 0.25) is 5.91 Å². The average molecular weight is 341 g/mol. The largest absolute Gasteiger partial charge is 0.463 e. The van der Waals surface area contributed by atoms with E-state index in [4.69, 9.17) is 4.42 Å². The molecule has 1 aliphatic rings. The van der Waals surface area contributed by atoms with Gasteiger partial charge in [0.05, 0.1) is 24.3 Å². The molecule has 5 nitrogen and oxygen atoms in total. The first-order chi connectivity index (χ1) is 11.7. The molecule has 124 valence electrons. The van der Waals surface area contributed by atoms with E-state index in [2.05, 4.69) is 10.2 Å². The van der Waals surface area contributed by atoms with Gasteiger partial charge in [0, 0.05) is 0 Å². The lowest BCUT2D eigenvalue weighted by Crippen LogP contribution is -2.31. The first kappa shape index (κ1) is 16.5. The van der Waals surface area contributed by atoms with Gasteiger partial charge in [0.15, 0.2) is 5.17 Å². The van der Waals surface area contributed by atoms with E-state index in [1.165, 1.54) is 11.8 Å². The number of amidine groups is 1. The van der Waals surface area contributed by atoms with Crippen molar-refractivity contribution in [2.45, 2.75) is 32.1 Å². The van der Waals surface area contributed by atoms with Gasteiger partial charge >= 0.3 is 0 Å². The number of hydrogen-bond acceptors (Lipinski definition) is 5. The number of carbonyl (C=O) groups is 1. The van der Waals surface area contributed by atoms with Crippen molar-refractivity contribution < 1.29 is 9.21 Å². The van der Waals surface area contributed by atoms with Gasteiger partial charge in [-0.1, -0.05) is 43.0 Å². The molecule has 1 aromatic carbocycles. The van der Waals surface area contributed by atoms with Gasteiger partial charge in [-0.2, -0.15) is 5.10 Å². The molecule has 1 saturated heterocycles. The Labute approximate surface area is 145 Å². The number of amides is 1. The monoisotopic (exact) mass is 341 g/mol. The van der Waals surface area contributed by atoms with Crippen molar-refractivity contribution in [1.82, 2.24) is 4.90 Å². The van der Waals surface area contributed by atoms with Crippen LogP contribution in [0.5, 0.6) is 0 Å². The van der Waals surface area contributed by atoms with Crippen molar-refractivity contribution >= 4 is 29.1 Å². The summed E-state index contributed by atoms with van der Waals surface area (Å²) < 4.78 is 5.19. The van der Waals surface area contributed by atoms with Gasteiger partial charge in [0.25, 0.3) is 0 Å². The second kappa shape index (κ2) is 7.49. The molecule has 24 heavy (non-hydrogen) atoms. The van der Waals surface area contributed by atoms with Crippen molar-refractivity contribution in [3.05, 3.63) is 59.5 Å². The Kier molecular flexibility index (Phi) is 5.15. The minimum Gasteiger partial charge on any atom is -0.463 e. The van der Waals surface area contributed by atoms with Crippen LogP contribution in [0.2, 0.25) is 0 Å². The molecule has 2 heterocycles. The number of carbonyl (C=O) groups excluding carboxylic acids is 1. The lowest BCUT2D eigenvalue weighted by molar-refractivity contribution is -0.126. The van der Waals surface area contributed by atoms with Gasteiger partial charge in [-0.25, -0.2) is 0 Å². The highest BCUT2D eigenvalue weighted by Gasteiger charge is 2.37. The van der Waals surface area contributed by atoms with Crippen LogP contribution in [-0.4, -0.2) is 27.4 Å². The Hall–Kier alpha value is -2.34. The molecule has 1 aliphatic heterocycles. The molecule has 0 aliphatic carbocycles. The van der Waals surface area contributed by atoms with E-state index in [9.17, 15) is 4.79 Å². The third kappa shape index (κ3) is 3.59. The molecule has 2 aromatic rings. The lowest BCUT2D eigenvalue weighted by Gasteiger charge is -2.17. The highest BCUT2D eigenvalue weighted by Crippen LogP contribution is 2.31. The fourth-order valence-electron chi connectivity index (χ4n) is 2.45. The number of hydrogen-bond donors (Lipinski definition) is 0. The number of benzene rings is 1. The van der Waals surface area contributed by atoms with Crippen molar-refractivity contribution in [2.24, 2.45) is 10.2 Å². The normalized spacial score (nSPS) is 19.8. The summed E-state index contributed by atoms with van der Waals surface area (Å²) >= 11 is 1.47. The van der Waals surface area contributed by atoms with Crippen LogP contribution in [0.25, 0.3) is 0 Å². The Morgan fingerprint density at radius 1 is 1.29 bits per heavy atom. The second-order valence-corrected chi connectivity index (χ2v) is 6.68. The van der Waals surface area contributed by atoms with Crippen molar-refractivity contribution in [1.29, 1.82) is 0 Å². The fourth-order valence-corrected chi connectivity index (χ4v) is 3.47. The zero-order valence-corrected chi connectivity index (χ0v) is 14.5. The second-order valence-electron chi connectivity index (χ2n) is 5.51. The SMILES string of the molecule is CCC1SC(=NN=Cc2ccco2)N(Cc2ccccc2C)C1=O. The zero-order valence-electron chi connectivity index (χ0n) is 13.7. The van der Waals surface area contributed by atoms with Crippen LogP contribution in [0.3, 0.4) is 0 Å². The van der Waals surface area contributed by atoms with Crippen molar-refractivity contribution in [2.75, 3.05) is 0 Å². The van der Waals surface area contributed by atoms with Crippen molar-refractivity contribution in [3.8, 4) is 0 Å². The number of thioether (sulfide) groups is 1. The summed E-state index contributed by atoms with van der Waals surface area (Å²) in [6.07, 6.45) is 3.90. The summed E-state index contributed by atoms with van der Waals surface area (Å²) in [6, 6.07) is 11.7. The summed E-state index contributed by atoms with van der Waals surface area (Å²) in [6.45, 7) is 4.58. The Morgan fingerprint density at radius 2 is 2.12 bits per heavy atom. The van der Waals surface area contributed by atoms with Gasteiger partial charge in [-0.05, 0) is 36.6 Å². The molecule has 0 bridgehead atoms. The third-order valence-corrected chi connectivity index (χ3v) is 5.18. The van der Waals surface area contributed by atoms with E-state index in [1.807, 2.05) is 38.1 Å². The van der Waals surface area contributed by atoms with E-state index in [0.717, 1.165) is 17.5 Å². The molecule has 1 amide bonds. The van der Waals surface area contributed by atoms with Gasteiger partial charge in [-0.15, -0.1) is 5.10 Å². The summed E-state index contributed by atoms with van der Waals surface area (Å²) in [5, 5.41) is 8.86. The van der Waals surface area contributed by atoms with E-state index >= 15 is 0 Å². The highest BCUT2D eigenvalue weighted by atomic mass is 32.2. The van der Waals surface area contributed by atoms with E-state index in [0.29, 0.717) is 17.5 Å². The maximum atomic E-state index is 12.6. The number of nitrogens with zero attached hydrogens (tertiary/aromatic N) is 3. The molecule has 6 heteroatoms. The molecule has 3 rings (SSSR count). The predicted molar refractivity (Wildman–Crippen MR) is 97.1 cm³/mol. The van der Waals surface area contributed by atoms with Crippen LogP contribution in [0.1, 0.15) is 30.2 Å². The van der Waals surface area contributed by atoms with Crippen molar-refractivity contribution in [3.63, 3.8) is 0 Å². The minimum atomic E-state index is -0.0911. The number of furan rings is 1. The maximum Gasteiger partial charge on any atom is 0.242 e.